The molecular weight excluding hydrogens is 326 g/mol. The van der Waals surface area contributed by atoms with Gasteiger partial charge < -0.3 is 10.8 Å². The molecule has 1 aliphatic heterocycles. The molecule has 1 aromatic carbocycles. The van der Waals surface area contributed by atoms with E-state index in [1.165, 1.54) is 0 Å². The Morgan fingerprint density at radius 3 is 2.77 bits per heavy atom. The fourth-order valence-corrected chi connectivity index (χ4v) is 3.45. The molecule has 0 radical (unpaired) electrons. The summed E-state index contributed by atoms with van der Waals surface area (Å²) in [5.41, 5.74) is 9.72. The molecule has 0 fully saturated rings. The van der Waals surface area contributed by atoms with Gasteiger partial charge >= 0.3 is 0 Å². The van der Waals surface area contributed by atoms with E-state index in [2.05, 4.69) is 15.0 Å². The summed E-state index contributed by atoms with van der Waals surface area (Å²) in [6.45, 7) is 3.38. The van der Waals surface area contributed by atoms with E-state index in [0.717, 1.165) is 49.4 Å². The zero-order valence-corrected chi connectivity index (χ0v) is 14.6. The SMILES string of the molecule is Nc1ncccc1CN1CCCn2nc(C(O)c3ccccc3)cc2C1. The van der Waals surface area contributed by atoms with Crippen LogP contribution in [-0.2, 0) is 19.6 Å². The van der Waals surface area contributed by atoms with Crippen molar-refractivity contribution in [1.82, 2.24) is 19.7 Å². The molecule has 134 valence electrons. The van der Waals surface area contributed by atoms with E-state index in [-0.39, 0.29) is 0 Å². The molecule has 3 aromatic rings. The highest BCUT2D eigenvalue weighted by molar-refractivity contribution is 5.38. The number of nitrogen functional groups attached to an aromatic ring is 1. The molecule has 26 heavy (non-hydrogen) atoms. The molecule has 6 nitrogen and oxygen atoms in total. The van der Waals surface area contributed by atoms with E-state index in [1.54, 1.807) is 6.20 Å². The van der Waals surface area contributed by atoms with Gasteiger partial charge in [0.1, 0.15) is 11.9 Å². The fraction of sp³-hybridized carbons (Fsp3) is 0.300. The fourth-order valence-electron chi connectivity index (χ4n) is 3.45. The van der Waals surface area contributed by atoms with Crippen molar-refractivity contribution in [3.05, 3.63) is 77.2 Å². The number of aliphatic hydroxyl groups is 1. The van der Waals surface area contributed by atoms with Gasteiger partial charge in [0.25, 0.3) is 0 Å². The second-order valence-electron chi connectivity index (χ2n) is 6.71. The van der Waals surface area contributed by atoms with Crippen molar-refractivity contribution in [2.75, 3.05) is 12.3 Å². The predicted molar refractivity (Wildman–Crippen MR) is 100 cm³/mol. The van der Waals surface area contributed by atoms with E-state index >= 15 is 0 Å². The molecule has 0 bridgehead atoms. The maximum Gasteiger partial charge on any atom is 0.127 e. The van der Waals surface area contributed by atoms with Crippen LogP contribution < -0.4 is 5.73 Å². The lowest BCUT2D eigenvalue weighted by molar-refractivity contribution is 0.213. The number of rotatable bonds is 4. The summed E-state index contributed by atoms with van der Waals surface area (Å²) in [7, 11) is 0. The molecule has 1 aliphatic rings. The van der Waals surface area contributed by atoms with E-state index in [0.29, 0.717) is 11.5 Å². The van der Waals surface area contributed by atoms with Crippen molar-refractivity contribution in [2.45, 2.75) is 32.2 Å². The van der Waals surface area contributed by atoms with Crippen molar-refractivity contribution < 1.29 is 5.11 Å². The third kappa shape index (κ3) is 3.47. The number of benzene rings is 1. The van der Waals surface area contributed by atoms with Crippen LogP contribution in [-0.4, -0.2) is 31.3 Å². The number of hydrogen-bond donors (Lipinski definition) is 2. The van der Waals surface area contributed by atoms with Crippen LogP contribution in [0.3, 0.4) is 0 Å². The first-order valence-corrected chi connectivity index (χ1v) is 8.92. The van der Waals surface area contributed by atoms with Crippen LogP contribution in [0, 0.1) is 0 Å². The molecule has 4 rings (SSSR count). The van der Waals surface area contributed by atoms with E-state index < -0.39 is 6.10 Å². The quantitative estimate of drug-likeness (QED) is 0.756. The van der Waals surface area contributed by atoms with Gasteiger partial charge in [0.15, 0.2) is 0 Å². The molecule has 6 heteroatoms. The summed E-state index contributed by atoms with van der Waals surface area (Å²) >= 11 is 0. The summed E-state index contributed by atoms with van der Waals surface area (Å²) in [5.74, 6) is 0.588. The molecule has 1 unspecified atom stereocenters. The van der Waals surface area contributed by atoms with Gasteiger partial charge in [-0.2, -0.15) is 5.10 Å². The zero-order valence-electron chi connectivity index (χ0n) is 14.6. The number of nitrogens with two attached hydrogens (primary N) is 1. The maximum atomic E-state index is 10.6. The van der Waals surface area contributed by atoms with Crippen LogP contribution in [0.5, 0.6) is 0 Å². The Morgan fingerprint density at radius 2 is 1.96 bits per heavy atom. The number of aryl methyl sites for hydroxylation is 1. The smallest absolute Gasteiger partial charge is 0.127 e. The van der Waals surface area contributed by atoms with Crippen LogP contribution in [0.4, 0.5) is 5.82 Å². The Balaban J connectivity index is 1.53. The van der Waals surface area contributed by atoms with E-state index in [9.17, 15) is 5.11 Å². The third-order valence-electron chi connectivity index (χ3n) is 4.83. The molecule has 2 aromatic heterocycles. The van der Waals surface area contributed by atoms with Crippen LogP contribution >= 0.6 is 0 Å². The highest BCUT2D eigenvalue weighted by atomic mass is 16.3. The third-order valence-corrected chi connectivity index (χ3v) is 4.83. The number of aromatic nitrogens is 3. The zero-order chi connectivity index (χ0) is 17.9. The minimum Gasteiger partial charge on any atom is -0.383 e. The minimum absolute atomic E-state index is 0.588. The largest absolute Gasteiger partial charge is 0.383 e. The molecule has 3 N–H and O–H groups in total. The number of fused-ring (bicyclic) bond motifs is 1. The normalized spacial score (nSPS) is 16.0. The number of anilines is 1. The average Bonchev–Trinajstić information content (AvgIpc) is 2.97. The molecule has 0 saturated carbocycles. The first-order chi connectivity index (χ1) is 12.7. The monoisotopic (exact) mass is 349 g/mol. The Bertz CT molecular complexity index is 877. The van der Waals surface area contributed by atoms with E-state index in [4.69, 9.17) is 5.73 Å². The summed E-state index contributed by atoms with van der Waals surface area (Å²) in [6, 6.07) is 15.6. The maximum absolute atomic E-state index is 10.6. The molecule has 3 heterocycles. The lowest BCUT2D eigenvalue weighted by Crippen LogP contribution is -2.23. The predicted octanol–water partition coefficient (Wildman–Crippen LogP) is 2.35. The second kappa shape index (κ2) is 7.27. The summed E-state index contributed by atoms with van der Waals surface area (Å²) in [6.07, 6.45) is 2.03. The van der Waals surface area contributed by atoms with Crippen molar-refractivity contribution >= 4 is 5.82 Å². The van der Waals surface area contributed by atoms with Gasteiger partial charge in [-0.1, -0.05) is 36.4 Å². The minimum atomic E-state index is -0.696. The molecule has 0 amide bonds. The first-order valence-electron chi connectivity index (χ1n) is 8.92. The van der Waals surface area contributed by atoms with E-state index in [1.807, 2.05) is 53.2 Å². The van der Waals surface area contributed by atoms with Gasteiger partial charge in [-0.3, -0.25) is 9.58 Å². The second-order valence-corrected chi connectivity index (χ2v) is 6.71. The van der Waals surface area contributed by atoms with Crippen LogP contribution in [0.25, 0.3) is 0 Å². The summed E-state index contributed by atoms with van der Waals surface area (Å²) in [5, 5.41) is 15.3. The van der Waals surface area contributed by atoms with Gasteiger partial charge in [0.2, 0.25) is 0 Å². The van der Waals surface area contributed by atoms with Crippen molar-refractivity contribution in [3.63, 3.8) is 0 Å². The molecule has 1 atom stereocenters. The Kier molecular flexibility index (Phi) is 4.69. The number of aliphatic hydroxyl groups excluding tert-OH is 1. The topological polar surface area (TPSA) is 80.2 Å². The number of pyridine rings is 1. The number of hydrogen-bond acceptors (Lipinski definition) is 5. The van der Waals surface area contributed by atoms with Crippen LogP contribution in [0.2, 0.25) is 0 Å². The summed E-state index contributed by atoms with van der Waals surface area (Å²) < 4.78 is 2.02. The Morgan fingerprint density at radius 1 is 1.12 bits per heavy atom. The molecule has 0 aliphatic carbocycles. The summed E-state index contributed by atoms with van der Waals surface area (Å²) in [4.78, 5) is 6.53. The van der Waals surface area contributed by atoms with Gasteiger partial charge in [-0.25, -0.2) is 4.98 Å². The van der Waals surface area contributed by atoms with Crippen LogP contribution in [0.1, 0.15) is 35.0 Å². The number of nitrogens with zero attached hydrogens (tertiary/aromatic N) is 4. The molecular formula is C20H23N5O. The van der Waals surface area contributed by atoms with Crippen molar-refractivity contribution in [1.29, 1.82) is 0 Å². The van der Waals surface area contributed by atoms with Crippen molar-refractivity contribution in [3.8, 4) is 0 Å². The Labute approximate surface area is 152 Å². The average molecular weight is 349 g/mol. The molecule has 0 saturated heterocycles. The highest BCUT2D eigenvalue weighted by Gasteiger charge is 2.21. The standard InChI is InChI=1S/C20H23N5O/c21-20-16(8-4-9-22-20)13-24-10-5-11-25-17(14-24)12-18(23-25)19(26)15-6-2-1-3-7-15/h1-4,6-9,12,19,26H,5,10-11,13-14H2,(H2,21,22). The van der Waals surface area contributed by atoms with Gasteiger partial charge in [-0.15, -0.1) is 0 Å². The van der Waals surface area contributed by atoms with Gasteiger partial charge in [0.05, 0.1) is 11.4 Å². The van der Waals surface area contributed by atoms with Crippen molar-refractivity contribution in [2.24, 2.45) is 0 Å². The Hall–Kier alpha value is -2.70. The highest BCUT2D eigenvalue weighted by Crippen LogP contribution is 2.24. The van der Waals surface area contributed by atoms with Gasteiger partial charge in [-0.05, 0) is 24.1 Å². The lowest BCUT2D eigenvalue weighted by Gasteiger charge is -2.20. The first kappa shape index (κ1) is 16.8. The lowest BCUT2D eigenvalue weighted by atomic mass is 10.1. The molecule has 0 spiro atoms. The van der Waals surface area contributed by atoms with Crippen LogP contribution in [0.15, 0.2) is 54.7 Å². The van der Waals surface area contributed by atoms with Gasteiger partial charge in [0, 0.05) is 37.9 Å².